The third kappa shape index (κ3) is 2.33. The van der Waals surface area contributed by atoms with Gasteiger partial charge in [0.25, 0.3) is 0 Å². The summed E-state index contributed by atoms with van der Waals surface area (Å²) in [5, 5.41) is 0.874. The molecule has 19 heavy (non-hydrogen) atoms. The van der Waals surface area contributed by atoms with E-state index in [2.05, 4.69) is 9.97 Å². The average Bonchev–Trinajstić information content (AvgIpc) is 2.90. The second-order valence-electron chi connectivity index (χ2n) is 4.19. The quantitative estimate of drug-likeness (QED) is 0.729. The molecule has 0 spiro atoms. The third-order valence-electron chi connectivity index (χ3n) is 2.90. The first-order valence-corrected chi connectivity index (χ1v) is 5.97. The maximum Gasteiger partial charge on any atom is 0.340 e. The molecule has 0 aliphatic rings. The molecule has 0 radical (unpaired) electrons. The van der Waals surface area contributed by atoms with E-state index in [9.17, 15) is 4.79 Å². The molecular weight excluding hydrogens is 240 g/mol. The number of carbonyl (C=O) groups is 1. The van der Waals surface area contributed by atoms with E-state index in [1.54, 1.807) is 18.6 Å². The Kier molecular flexibility index (Phi) is 2.98. The van der Waals surface area contributed by atoms with Gasteiger partial charge < -0.3 is 9.72 Å². The molecule has 4 nitrogen and oxygen atoms in total. The second-order valence-corrected chi connectivity index (χ2v) is 4.19. The molecule has 0 unspecified atom stereocenters. The van der Waals surface area contributed by atoms with Gasteiger partial charge in [0.1, 0.15) is 6.61 Å². The molecule has 1 N–H and O–H groups in total. The number of nitrogens with one attached hydrogen (secondary N) is 1. The number of rotatable bonds is 3. The molecule has 0 fully saturated rings. The lowest BCUT2D eigenvalue weighted by atomic mass is 10.2. The van der Waals surface area contributed by atoms with Crippen LogP contribution in [0.25, 0.3) is 10.9 Å². The molecule has 0 aliphatic heterocycles. The summed E-state index contributed by atoms with van der Waals surface area (Å²) in [6.45, 7) is 0.228. The minimum absolute atomic E-state index is 0.228. The van der Waals surface area contributed by atoms with E-state index in [0.29, 0.717) is 5.56 Å². The number of para-hydroxylation sites is 1. The molecule has 0 saturated carbocycles. The molecular formula is C15H12N2O2. The van der Waals surface area contributed by atoms with E-state index in [1.165, 1.54) is 0 Å². The van der Waals surface area contributed by atoms with Crippen LogP contribution >= 0.6 is 0 Å². The number of hydrogen-bond acceptors (Lipinski definition) is 3. The first kappa shape index (κ1) is 11.5. The van der Waals surface area contributed by atoms with Crippen molar-refractivity contribution in [2.24, 2.45) is 0 Å². The largest absolute Gasteiger partial charge is 0.457 e. The first-order chi connectivity index (χ1) is 9.34. The Labute approximate surface area is 110 Å². The summed E-state index contributed by atoms with van der Waals surface area (Å²) < 4.78 is 5.28. The molecule has 2 aromatic heterocycles. The van der Waals surface area contributed by atoms with Crippen molar-refractivity contribution in [2.45, 2.75) is 6.61 Å². The number of benzene rings is 1. The molecule has 2 heterocycles. The zero-order chi connectivity index (χ0) is 13.1. The number of H-pyrrole nitrogens is 1. The summed E-state index contributed by atoms with van der Waals surface area (Å²) >= 11 is 0. The number of fused-ring (bicyclic) bond motifs is 1. The van der Waals surface area contributed by atoms with Gasteiger partial charge in [-0.25, -0.2) is 4.79 Å². The Balaban J connectivity index is 1.77. The second kappa shape index (κ2) is 4.94. The topological polar surface area (TPSA) is 55.0 Å². The van der Waals surface area contributed by atoms with E-state index in [0.717, 1.165) is 16.5 Å². The van der Waals surface area contributed by atoms with Crippen LogP contribution in [-0.4, -0.2) is 15.9 Å². The van der Waals surface area contributed by atoms with E-state index in [-0.39, 0.29) is 12.6 Å². The Morgan fingerprint density at radius 3 is 2.95 bits per heavy atom. The number of pyridine rings is 1. The number of hydrogen-bond donors (Lipinski definition) is 1. The summed E-state index contributed by atoms with van der Waals surface area (Å²) in [4.78, 5) is 19.1. The number of carbonyl (C=O) groups excluding carboxylic acids is 1. The van der Waals surface area contributed by atoms with Crippen LogP contribution in [0.5, 0.6) is 0 Å². The number of nitrogens with zero attached hydrogens (tertiary/aromatic N) is 1. The van der Waals surface area contributed by atoms with Crippen LogP contribution in [0.1, 0.15) is 15.9 Å². The van der Waals surface area contributed by atoms with Gasteiger partial charge in [-0.05, 0) is 12.1 Å². The molecule has 0 amide bonds. The molecule has 3 rings (SSSR count). The zero-order valence-corrected chi connectivity index (χ0v) is 10.2. The van der Waals surface area contributed by atoms with Gasteiger partial charge in [-0.1, -0.05) is 24.3 Å². The summed E-state index contributed by atoms with van der Waals surface area (Å²) in [6.07, 6.45) is 5.05. The van der Waals surface area contributed by atoms with Crippen LogP contribution in [0.3, 0.4) is 0 Å². The van der Waals surface area contributed by atoms with E-state index < -0.39 is 0 Å². The van der Waals surface area contributed by atoms with Crippen LogP contribution in [0.15, 0.2) is 55.0 Å². The Hall–Kier alpha value is -2.62. The normalized spacial score (nSPS) is 10.5. The average molecular weight is 252 g/mol. The monoisotopic (exact) mass is 252 g/mol. The van der Waals surface area contributed by atoms with Crippen molar-refractivity contribution in [1.82, 2.24) is 9.97 Å². The Bertz CT molecular complexity index is 704. The summed E-state index contributed by atoms with van der Waals surface area (Å²) in [6, 6.07) is 11.3. The highest BCUT2D eigenvalue weighted by Crippen LogP contribution is 2.18. The van der Waals surface area contributed by atoms with E-state index >= 15 is 0 Å². The molecule has 0 atom stereocenters. The summed E-state index contributed by atoms with van der Waals surface area (Å²) in [5.74, 6) is -0.332. The van der Waals surface area contributed by atoms with Crippen molar-refractivity contribution in [3.63, 3.8) is 0 Å². The highest BCUT2D eigenvalue weighted by molar-refractivity contribution is 6.03. The number of esters is 1. The predicted octanol–water partition coefficient (Wildman–Crippen LogP) is 2.92. The van der Waals surface area contributed by atoms with Gasteiger partial charge in [-0.3, -0.25) is 4.98 Å². The number of ether oxygens (including phenoxy) is 1. The molecule has 0 saturated heterocycles. The molecule has 4 heteroatoms. The van der Waals surface area contributed by atoms with Crippen molar-refractivity contribution in [3.05, 3.63) is 66.1 Å². The van der Waals surface area contributed by atoms with Crippen molar-refractivity contribution >= 4 is 16.9 Å². The lowest BCUT2D eigenvalue weighted by molar-refractivity contribution is 0.0475. The predicted molar refractivity (Wildman–Crippen MR) is 71.7 cm³/mol. The fourth-order valence-corrected chi connectivity index (χ4v) is 1.95. The fraction of sp³-hybridized carbons (Fsp3) is 0.0667. The van der Waals surface area contributed by atoms with E-state index in [1.807, 2.05) is 36.4 Å². The fourth-order valence-electron chi connectivity index (χ4n) is 1.95. The maximum absolute atomic E-state index is 12.0. The Morgan fingerprint density at radius 2 is 2.11 bits per heavy atom. The van der Waals surface area contributed by atoms with E-state index in [4.69, 9.17) is 4.74 Å². The molecule has 0 bridgehead atoms. The number of aromatic nitrogens is 2. The van der Waals surface area contributed by atoms with Gasteiger partial charge in [-0.15, -0.1) is 0 Å². The lowest BCUT2D eigenvalue weighted by Gasteiger charge is -2.03. The molecule has 3 aromatic rings. The van der Waals surface area contributed by atoms with Gasteiger partial charge in [0, 0.05) is 35.1 Å². The third-order valence-corrected chi connectivity index (χ3v) is 2.90. The van der Waals surface area contributed by atoms with Crippen molar-refractivity contribution in [1.29, 1.82) is 0 Å². The van der Waals surface area contributed by atoms with Crippen LogP contribution in [0, 0.1) is 0 Å². The van der Waals surface area contributed by atoms with Crippen molar-refractivity contribution in [3.8, 4) is 0 Å². The number of aromatic amines is 1. The standard InChI is InChI=1S/C15H12N2O2/c18-15(19-10-11-4-3-7-16-8-11)13-9-17-14-6-2-1-5-12(13)14/h1-9,17H,10H2. The highest BCUT2D eigenvalue weighted by Gasteiger charge is 2.12. The van der Waals surface area contributed by atoms with Crippen LogP contribution in [-0.2, 0) is 11.3 Å². The van der Waals surface area contributed by atoms with Gasteiger partial charge in [0.2, 0.25) is 0 Å². The minimum Gasteiger partial charge on any atom is -0.457 e. The lowest BCUT2D eigenvalue weighted by Crippen LogP contribution is -2.04. The molecule has 94 valence electrons. The SMILES string of the molecule is O=C(OCc1cccnc1)c1c[nH]c2ccccc12. The smallest absolute Gasteiger partial charge is 0.340 e. The summed E-state index contributed by atoms with van der Waals surface area (Å²) in [7, 11) is 0. The van der Waals surface area contributed by atoms with Gasteiger partial charge in [0.15, 0.2) is 0 Å². The van der Waals surface area contributed by atoms with Crippen LogP contribution in [0.4, 0.5) is 0 Å². The van der Waals surface area contributed by atoms with Crippen molar-refractivity contribution in [2.75, 3.05) is 0 Å². The summed E-state index contributed by atoms with van der Waals surface area (Å²) in [5.41, 5.74) is 2.35. The molecule has 1 aromatic carbocycles. The zero-order valence-electron chi connectivity index (χ0n) is 10.2. The van der Waals surface area contributed by atoms with Gasteiger partial charge in [-0.2, -0.15) is 0 Å². The highest BCUT2D eigenvalue weighted by atomic mass is 16.5. The van der Waals surface area contributed by atoms with Crippen LogP contribution in [0.2, 0.25) is 0 Å². The Morgan fingerprint density at radius 1 is 1.21 bits per heavy atom. The molecule has 0 aliphatic carbocycles. The van der Waals surface area contributed by atoms with Gasteiger partial charge >= 0.3 is 5.97 Å². The van der Waals surface area contributed by atoms with Gasteiger partial charge in [0.05, 0.1) is 5.56 Å². The minimum atomic E-state index is -0.332. The van der Waals surface area contributed by atoms with Crippen LogP contribution < -0.4 is 0 Å². The maximum atomic E-state index is 12.0. The van der Waals surface area contributed by atoms with Crippen molar-refractivity contribution < 1.29 is 9.53 Å². The first-order valence-electron chi connectivity index (χ1n) is 5.97.